The minimum Gasteiger partial charge on any atom is -0.343 e. The quantitative estimate of drug-likeness (QED) is 0.631. The summed E-state index contributed by atoms with van der Waals surface area (Å²) in [6.45, 7) is 6.12. The summed E-state index contributed by atoms with van der Waals surface area (Å²) in [5.41, 5.74) is 0. The van der Waals surface area contributed by atoms with E-state index in [1.807, 2.05) is 18.7 Å². The van der Waals surface area contributed by atoms with E-state index < -0.39 is 0 Å². The molecule has 0 aromatic rings. The van der Waals surface area contributed by atoms with Crippen molar-refractivity contribution in [1.82, 2.24) is 14.7 Å². The van der Waals surface area contributed by atoms with Crippen LogP contribution in [0, 0.1) is 0 Å². The number of rotatable bonds is 8. The Balaban J connectivity index is 2.37. The lowest BCUT2D eigenvalue weighted by molar-refractivity contribution is -0.132. The van der Waals surface area contributed by atoms with Crippen LogP contribution < -0.4 is 0 Å². The fourth-order valence-electron chi connectivity index (χ4n) is 2.34. The highest BCUT2D eigenvalue weighted by atomic mass is 16.2. The van der Waals surface area contributed by atoms with Gasteiger partial charge < -0.3 is 9.80 Å². The zero-order chi connectivity index (χ0) is 15.1. The molecule has 6 nitrogen and oxygen atoms in total. The van der Waals surface area contributed by atoms with Crippen LogP contribution in [0.15, 0.2) is 0 Å². The number of likely N-dealkylation sites (N-methyl/N-ethyl adjacent to an activating group) is 1. The molecular formula is C14H25N3O3. The molecule has 1 fully saturated rings. The van der Waals surface area contributed by atoms with E-state index >= 15 is 0 Å². The predicted octanol–water partition coefficient (Wildman–Crippen LogP) is 1.31. The Morgan fingerprint density at radius 2 is 1.80 bits per heavy atom. The van der Waals surface area contributed by atoms with Gasteiger partial charge in [0.2, 0.25) is 11.8 Å². The molecule has 4 amide bonds. The molecule has 0 N–H and O–H groups in total. The number of imide groups is 1. The van der Waals surface area contributed by atoms with Crippen LogP contribution in [-0.4, -0.2) is 65.8 Å². The van der Waals surface area contributed by atoms with E-state index in [1.54, 1.807) is 7.05 Å². The molecule has 6 heteroatoms. The first-order valence-corrected chi connectivity index (χ1v) is 7.34. The predicted molar refractivity (Wildman–Crippen MR) is 76.1 cm³/mol. The second kappa shape index (κ2) is 7.87. The van der Waals surface area contributed by atoms with Crippen molar-refractivity contribution in [2.24, 2.45) is 0 Å². The van der Waals surface area contributed by atoms with Crippen molar-refractivity contribution in [3.05, 3.63) is 0 Å². The molecule has 0 radical (unpaired) electrons. The maximum absolute atomic E-state index is 12.1. The van der Waals surface area contributed by atoms with E-state index in [0.29, 0.717) is 19.4 Å². The lowest BCUT2D eigenvalue weighted by atomic mass is 10.2. The van der Waals surface area contributed by atoms with Crippen LogP contribution in [0.5, 0.6) is 0 Å². The fraction of sp³-hybridized carbons (Fsp3) is 0.786. The van der Waals surface area contributed by atoms with Crippen molar-refractivity contribution in [2.45, 2.75) is 39.5 Å². The lowest BCUT2D eigenvalue weighted by Crippen LogP contribution is -2.35. The van der Waals surface area contributed by atoms with Gasteiger partial charge in [-0.1, -0.05) is 13.8 Å². The van der Waals surface area contributed by atoms with Crippen LogP contribution in [0.1, 0.15) is 39.5 Å². The number of amides is 4. The number of hydrogen-bond acceptors (Lipinski definition) is 3. The molecule has 1 aliphatic rings. The van der Waals surface area contributed by atoms with E-state index in [9.17, 15) is 14.4 Å². The van der Waals surface area contributed by atoms with Gasteiger partial charge in [0.1, 0.15) is 6.54 Å². The van der Waals surface area contributed by atoms with Crippen molar-refractivity contribution >= 4 is 17.8 Å². The van der Waals surface area contributed by atoms with Gasteiger partial charge in [0.15, 0.2) is 0 Å². The normalized spacial score (nSPS) is 15.2. The topological polar surface area (TPSA) is 60.9 Å². The molecule has 20 heavy (non-hydrogen) atoms. The van der Waals surface area contributed by atoms with Crippen LogP contribution in [0.4, 0.5) is 4.79 Å². The third-order valence-corrected chi connectivity index (χ3v) is 3.34. The summed E-state index contributed by atoms with van der Waals surface area (Å²) in [5.74, 6) is -0.0647. The number of carbonyl (C=O) groups excluding carboxylic acids is 3. The van der Waals surface area contributed by atoms with Crippen molar-refractivity contribution < 1.29 is 14.4 Å². The third kappa shape index (κ3) is 4.21. The van der Waals surface area contributed by atoms with E-state index in [0.717, 1.165) is 25.9 Å². The third-order valence-electron chi connectivity index (χ3n) is 3.34. The SMILES string of the molecule is CCCN(CCC)C(=O)CCCN1C(=O)CN(C)C1=O. The molecule has 114 valence electrons. The standard InChI is InChI=1S/C14H25N3O3/c1-4-8-16(9-5-2)12(18)7-6-10-17-13(19)11-15(3)14(17)20/h4-11H2,1-3H3. The fourth-order valence-corrected chi connectivity index (χ4v) is 2.34. The van der Waals surface area contributed by atoms with Crippen LogP contribution in [0.2, 0.25) is 0 Å². The smallest absolute Gasteiger partial charge is 0.326 e. The molecule has 1 aliphatic heterocycles. The molecule has 0 unspecified atom stereocenters. The maximum atomic E-state index is 12.1. The minimum atomic E-state index is -0.263. The monoisotopic (exact) mass is 283 g/mol. The first kappa shape index (κ1) is 16.5. The molecule has 0 saturated carbocycles. The first-order valence-electron chi connectivity index (χ1n) is 7.34. The highest BCUT2D eigenvalue weighted by Crippen LogP contribution is 2.10. The van der Waals surface area contributed by atoms with Gasteiger partial charge in [-0.15, -0.1) is 0 Å². The van der Waals surface area contributed by atoms with E-state index in [1.165, 1.54) is 9.80 Å². The molecule has 0 aliphatic carbocycles. The molecule has 1 heterocycles. The number of nitrogens with zero attached hydrogens (tertiary/aromatic N) is 3. The average Bonchev–Trinajstić information content (AvgIpc) is 2.64. The number of urea groups is 1. The van der Waals surface area contributed by atoms with Crippen molar-refractivity contribution in [3.8, 4) is 0 Å². The molecule has 0 aromatic heterocycles. The second-order valence-electron chi connectivity index (χ2n) is 5.17. The summed E-state index contributed by atoms with van der Waals surface area (Å²) in [7, 11) is 1.61. The van der Waals surface area contributed by atoms with Crippen LogP contribution >= 0.6 is 0 Å². The maximum Gasteiger partial charge on any atom is 0.326 e. The Morgan fingerprint density at radius 1 is 1.20 bits per heavy atom. The van der Waals surface area contributed by atoms with E-state index in [-0.39, 0.29) is 24.4 Å². The van der Waals surface area contributed by atoms with Gasteiger partial charge in [0, 0.05) is 33.1 Å². The van der Waals surface area contributed by atoms with Gasteiger partial charge in [0.25, 0.3) is 0 Å². The Labute approximate surface area is 120 Å². The number of hydrogen-bond donors (Lipinski definition) is 0. The van der Waals surface area contributed by atoms with Gasteiger partial charge >= 0.3 is 6.03 Å². The molecule has 0 bridgehead atoms. The van der Waals surface area contributed by atoms with E-state index in [4.69, 9.17) is 0 Å². The first-order chi connectivity index (χ1) is 9.51. The molecule has 1 rings (SSSR count). The zero-order valence-electron chi connectivity index (χ0n) is 12.7. The minimum absolute atomic E-state index is 0.112. The molecule has 1 saturated heterocycles. The lowest BCUT2D eigenvalue weighted by Gasteiger charge is -2.22. The molecule has 0 spiro atoms. The second-order valence-corrected chi connectivity index (χ2v) is 5.17. The highest BCUT2D eigenvalue weighted by Gasteiger charge is 2.32. The summed E-state index contributed by atoms with van der Waals surface area (Å²) < 4.78 is 0. The van der Waals surface area contributed by atoms with Gasteiger partial charge in [-0.2, -0.15) is 0 Å². The van der Waals surface area contributed by atoms with Crippen molar-refractivity contribution in [2.75, 3.05) is 33.2 Å². The molecular weight excluding hydrogens is 258 g/mol. The largest absolute Gasteiger partial charge is 0.343 e. The molecule has 0 aromatic carbocycles. The Bertz CT molecular complexity index is 365. The van der Waals surface area contributed by atoms with Crippen LogP contribution in [0.3, 0.4) is 0 Å². The van der Waals surface area contributed by atoms with Gasteiger partial charge in [-0.05, 0) is 19.3 Å². The van der Waals surface area contributed by atoms with Crippen molar-refractivity contribution in [1.29, 1.82) is 0 Å². The van der Waals surface area contributed by atoms with Crippen molar-refractivity contribution in [3.63, 3.8) is 0 Å². The van der Waals surface area contributed by atoms with Crippen LogP contribution in [0.25, 0.3) is 0 Å². The highest BCUT2D eigenvalue weighted by molar-refractivity contribution is 6.01. The number of carbonyl (C=O) groups is 3. The Hall–Kier alpha value is -1.59. The zero-order valence-corrected chi connectivity index (χ0v) is 12.7. The van der Waals surface area contributed by atoms with E-state index in [2.05, 4.69) is 0 Å². The molecule has 0 atom stereocenters. The van der Waals surface area contributed by atoms with Gasteiger partial charge in [-0.3, -0.25) is 14.5 Å². The van der Waals surface area contributed by atoms with Crippen LogP contribution in [-0.2, 0) is 9.59 Å². The van der Waals surface area contributed by atoms with Gasteiger partial charge in [-0.25, -0.2) is 4.79 Å². The summed E-state index contributed by atoms with van der Waals surface area (Å²) in [4.78, 5) is 39.8. The summed E-state index contributed by atoms with van der Waals surface area (Å²) in [6.07, 6.45) is 2.81. The summed E-state index contributed by atoms with van der Waals surface area (Å²) in [6, 6.07) is -0.263. The average molecular weight is 283 g/mol. The summed E-state index contributed by atoms with van der Waals surface area (Å²) in [5, 5.41) is 0. The summed E-state index contributed by atoms with van der Waals surface area (Å²) >= 11 is 0. The Morgan fingerprint density at radius 3 is 2.25 bits per heavy atom. The van der Waals surface area contributed by atoms with Gasteiger partial charge in [0.05, 0.1) is 0 Å². The Kier molecular flexibility index (Phi) is 6.48.